The smallest absolute Gasteiger partial charge is 0.338 e. The molecule has 15 heavy (non-hydrogen) atoms. The van der Waals surface area contributed by atoms with Crippen LogP contribution in [-0.4, -0.2) is 12.1 Å². The van der Waals surface area contributed by atoms with E-state index in [0.717, 1.165) is 19.3 Å². The molecular formula is C11H14N2O2. The molecule has 0 unspecified atom stereocenters. The third-order valence-corrected chi connectivity index (χ3v) is 2.54. The van der Waals surface area contributed by atoms with Gasteiger partial charge in [-0.2, -0.15) is 0 Å². The molecule has 0 saturated heterocycles. The molecule has 1 aromatic rings. The number of anilines is 2. The Morgan fingerprint density at radius 1 is 1.20 bits per heavy atom. The van der Waals surface area contributed by atoms with Gasteiger partial charge in [-0.3, -0.25) is 0 Å². The molecule has 0 aliphatic heterocycles. The predicted molar refractivity (Wildman–Crippen MR) is 58.3 cm³/mol. The number of hydrogen-bond acceptors (Lipinski definition) is 4. The molecular weight excluding hydrogens is 192 g/mol. The van der Waals surface area contributed by atoms with Crippen molar-refractivity contribution >= 4 is 17.3 Å². The summed E-state index contributed by atoms with van der Waals surface area (Å²) in [5.74, 6) is -0.335. The molecule has 1 aliphatic rings. The number of benzene rings is 1. The van der Waals surface area contributed by atoms with Crippen molar-refractivity contribution in [1.82, 2.24) is 0 Å². The Bertz CT molecular complexity index is 366. The number of ether oxygens (including phenoxy) is 1. The predicted octanol–water partition coefficient (Wildman–Crippen LogP) is 1.56. The molecule has 2 rings (SSSR count). The molecule has 0 heterocycles. The van der Waals surface area contributed by atoms with E-state index in [1.807, 2.05) is 0 Å². The third-order valence-electron chi connectivity index (χ3n) is 2.54. The summed E-state index contributed by atoms with van der Waals surface area (Å²) < 4.78 is 5.23. The van der Waals surface area contributed by atoms with E-state index < -0.39 is 0 Å². The quantitative estimate of drug-likeness (QED) is 0.568. The normalized spacial score (nSPS) is 15.7. The van der Waals surface area contributed by atoms with Crippen LogP contribution < -0.4 is 11.5 Å². The van der Waals surface area contributed by atoms with E-state index in [0.29, 0.717) is 16.9 Å². The molecule has 1 aromatic carbocycles. The van der Waals surface area contributed by atoms with Gasteiger partial charge in [-0.1, -0.05) is 0 Å². The summed E-state index contributed by atoms with van der Waals surface area (Å²) in [5, 5.41) is 0. The van der Waals surface area contributed by atoms with Crippen molar-refractivity contribution in [3.8, 4) is 0 Å². The molecule has 0 aromatic heterocycles. The Morgan fingerprint density at radius 3 is 2.27 bits per heavy atom. The van der Waals surface area contributed by atoms with Gasteiger partial charge in [0.25, 0.3) is 0 Å². The van der Waals surface area contributed by atoms with E-state index in [2.05, 4.69) is 0 Å². The zero-order chi connectivity index (χ0) is 10.8. The first-order valence-electron chi connectivity index (χ1n) is 5.02. The number of carbonyl (C=O) groups is 1. The van der Waals surface area contributed by atoms with Crippen LogP contribution in [0.3, 0.4) is 0 Å². The summed E-state index contributed by atoms with van der Waals surface area (Å²) in [6.07, 6.45) is 3.14. The maximum absolute atomic E-state index is 11.6. The number of nitrogens with two attached hydrogens (primary N) is 2. The molecule has 1 aliphatic carbocycles. The van der Waals surface area contributed by atoms with Gasteiger partial charge < -0.3 is 16.2 Å². The Labute approximate surface area is 88.2 Å². The standard InChI is InChI=1S/C11H14N2O2/c12-8-4-7(5-9(13)6-8)11(14)15-10-2-1-3-10/h4-6,10H,1-3,12-13H2. The van der Waals surface area contributed by atoms with Gasteiger partial charge in [-0.05, 0) is 37.5 Å². The zero-order valence-electron chi connectivity index (χ0n) is 8.40. The van der Waals surface area contributed by atoms with Crippen molar-refractivity contribution < 1.29 is 9.53 Å². The van der Waals surface area contributed by atoms with Crippen molar-refractivity contribution in [1.29, 1.82) is 0 Å². The van der Waals surface area contributed by atoms with Crippen molar-refractivity contribution in [3.63, 3.8) is 0 Å². The zero-order valence-corrected chi connectivity index (χ0v) is 8.40. The van der Waals surface area contributed by atoms with E-state index >= 15 is 0 Å². The van der Waals surface area contributed by atoms with E-state index in [-0.39, 0.29) is 12.1 Å². The maximum Gasteiger partial charge on any atom is 0.338 e. The lowest BCUT2D eigenvalue weighted by Crippen LogP contribution is -2.25. The second kappa shape index (κ2) is 3.81. The average molecular weight is 206 g/mol. The Balaban J connectivity index is 2.10. The highest BCUT2D eigenvalue weighted by molar-refractivity contribution is 5.91. The van der Waals surface area contributed by atoms with Crippen molar-refractivity contribution in [2.75, 3.05) is 11.5 Å². The van der Waals surface area contributed by atoms with E-state index in [1.165, 1.54) is 0 Å². The van der Waals surface area contributed by atoms with Crippen LogP contribution in [0.1, 0.15) is 29.6 Å². The van der Waals surface area contributed by atoms with Crippen LogP contribution in [0.2, 0.25) is 0 Å². The SMILES string of the molecule is Nc1cc(N)cc(C(=O)OC2CCC2)c1. The molecule has 0 atom stereocenters. The first-order chi connectivity index (χ1) is 7.15. The monoisotopic (exact) mass is 206 g/mol. The number of rotatable bonds is 2. The minimum Gasteiger partial charge on any atom is -0.459 e. The lowest BCUT2D eigenvalue weighted by Gasteiger charge is -2.25. The molecule has 1 saturated carbocycles. The van der Waals surface area contributed by atoms with Gasteiger partial charge in [0.2, 0.25) is 0 Å². The number of esters is 1. The number of nitrogen functional groups attached to an aromatic ring is 2. The highest BCUT2D eigenvalue weighted by Gasteiger charge is 2.22. The highest BCUT2D eigenvalue weighted by Crippen LogP contribution is 2.24. The van der Waals surface area contributed by atoms with Crippen LogP contribution in [0.5, 0.6) is 0 Å². The summed E-state index contributed by atoms with van der Waals surface area (Å²) in [4.78, 5) is 11.6. The average Bonchev–Trinajstić information content (AvgIpc) is 2.09. The molecule has 4 N–H and O–H groups in total. The summed E-state index contributed by atoms with van der Waals surface area (Å²) in [7, 11) is 0. The van der Waals surface area contributed by atoms with Crippen LogP contribution >= 0.6 is 0 Å². The minimum absolute atomic E-state index is 0.0835. The summed E-state index contributed by atoms with van der Waals surface area (Å²) in [6, 6.07) is 4.77. The van der Waals surface area contributed by atoms with Crippen molar-refractivity contribution in [3.05, 3.63) is 23.8 Å². The first-order valence-corrected chi connectivity index (χ1v) is 5.02. The largest absolute Gasteiger partial charge is 0.459 e. The van der Waals surface area contributed by atoms with Gasteiger partial charge in [-0.25, -0.2) is 4.79 Å². The lowest BCUT2D eigenvalue weighted by atomic mass is 9.96. The van der Waals surface area contributed by atoms with E-state index in [4.69, 9.17) is 16.2 Å². The topological polar surface area (TPSA) is 78.3 Å². The second-order valence-corrected chi connectivity index (χ2v) is 3.85. The fraction of sp³-hybridized carbons (Fsp3) is 0.364. The molecule has 4 nitrogen and oxygen atoms in total. The Kier molecular flexibility index (Phi) is 2.49. The molecule has 0 radical (unpaired) electrons. The Hall–Kier alpha value is -1.71. The van der Waals surface area contributed by atoms with E-state index in [1.54, 1.807) is 18.2 Å². The fourth-order valence-electron chi connectivity index (χ4n) is 1.50. The van der Waals surface area contributed by atoms with Crippen LogP contribution in [-0.2, 0) is 4.74 Å². The van der Waals surface area contributed by atoms with Crippen LogP contribution in [0, 0.1) is 0 Å². The van der Waals surface area contributed by atoms with E-state index in [9.17, 15) is 4.79 Å². The van der Waals surface area contributed by atoms with Gasteiger partial charge in [0.1, 0.15) is 6.10 Å². The highest BCUT2D eigenvalue weighted by atomic mass is 16.5. The summed E-state index contributed by atoms with van der Waals surface area (Å²) in [5.41, 5.74) is 12.6. The first kappa shape index (κ1) is 9.83. The lowest BCUT2D eigenvalue weighted by molar-refractivity contribution is 0.00902. The molecule has 0 spiro atoms. The molecule has 4 heteroatoms. The fourth-order valence-corrected chi connectivity index (χ4v) is 1.50. The van der Waals surface area contributed by atoms with Crippen LogP contribution in [0.25, 0.3) is 0 Å². The molecule has 1 fully saturated rings. The number of hydrogen-bond donors (Lipinski definition) is 2. The van der Waals surface area contributed by atoms with Gasteiger partial charge in [0.05, 0.1) is 5.56 Å². The maximum atomic E-state index is 11.6. The van der Waals surface area contributed by atoms with Crippen LogP contribution in [0.15, 0.2) is 18.2 Å². The van der Waals surface area contributed by atoms with Gasteiger partial charge in [0, 0.05) is 11.4 Å². The summed E-state index contributed by atoms with van der Waals surface area (Å²) >= 11 is 0. The van der Waals surface area contributed by atoms with Gasteiger partial charge >= 0.3 is 5.97 Å². The Morgan fingerprint density at radius 2 is 1.80 bits per heavy atom. The second-order valence-electron chi connectivity index (χ2n) is 3.85. The molecule has 0 bridgehead atoms. The summed E-state index contributed by atoms with van der Waals surface area (Å²) in [6.45, 7) is 0. The minimum atomic E-state index is -0.335. The van der Waals surface area contributed by atoms with Crippen LogP contribution in [0.4, 0.5) is 11.4 Å². The van der Waals surface area contributed by atoms with Gasteiger partial charge in [-0.15, -0.1) is 0 Å². The molecule has 0 amide bonds. The van der Waals surface area contributed by atoms with Crippen molar-refractivity contribution in [2.24, 2.45) is 0 Å². The van der Waals surface area contributed by atoms with Gasteiger partial charge in [0.15, 0.2) is 0 Å². The van der Waals surface area contributed by atoms with Crippen molar-refractivity contribution in [2.45, 2.75) is 25.4 Å². The third kappa shape index (κ3) is 2.21. The molecule has 80 valence electrons. The number of carbonyl (C=O) groups excluding carboxylic acids is 1.